The molecule has 3 aromatic rings. The van der Waals surface area contributed by atoms with Gasteiger partial charge in [0.25, 0.3) is 0 Å². The summed E-state index contributed by atoms with van der Waals surface area (Å²) in [6, 6.07) is 16.1. The Morgan fingerprint density at radius 1 is 1.20 bits per heavy atom. The molecule has 0 atom stereocenters. The van der Waals surface area contributed by atoms with Crippen LogP contribution in [0.5, 0.6) is 5.75 Å². The van der Waals surface area contributed by atoms with Gasteiger partial charge in [-0.3, -0.25) is 4.79 Å². The van der Waals surface area contributed by atoms with Crippen LogP contribution < -0.4 is 4.74 Å². The lowest BCUT2D eigenvalue weighted by Gasteiger charge is -2.27. The van der Waals surface area contributed by atoms with Crippen molar-refractivity contribution in [2.75, 3.05) is 13.2 Å². The molecule has 0 spiro atoms. The minimum atomic E-state index is 0.187. The quantitative estimate of drug-likeness (QED) is 0.791. The summed E-state index contributed by atoms with van der Waals surface area (Å²) in [5, 5.41) is 1.16. The SMILES string of the molecule is CCOc1ccc2[nH]c3c(c2c1)CN(C(=O)Cc1ccccc1)CC3. The van der Waals surface area contributed by atoms with Crippen molar-refractivity contribution in [2.45, 2.75) is 26.3 Å². The fraction of sp³-hybridized carbons (Fsp3) is 0.286. The van der Waals surface area contributed by atoms with Crippen LogP contribution in [0.4, 0.5) is 0 Å². The van der Waals surface area contributed by atoms with Gasteiger partial charge in [-0.1, -0.05) is 30.3 Å². The second kappa shape index (κ2) is 6.63. The van der Waals surface area contributed by atoms with Gasteiger partial charge in [0.05, 0.1) is 13.0 Å². The van der Waals surface area contributed by atoms with Gasteiger partial charge in [0.15, 0.2) is 0 Å². The fourth-order valence-corrected chi connectivity index (χ4v) is 3.54. The molecule has 128 valence electrons. The summed E-state index contributed by atoms with van der Waals surface area (Å²) in [7, 11) is 0. The molecule has 2 aromatic carbocycles. The second-order valence-electron chi connectivity index (χ2n) is 6.45. The van der Waals surface area contributed by atoms with E-state index in [-0.39, 0.29) is 5.91 Å². The molecule has 1 N–H and O–H groups in total. The standard InChI is InChI=1S/C21H22N2O2/c1-2-25-16-8-9-19-17(13-16)18-14-23(11-10-20(18)22-19)21(24)12-15-6-4-3-5-7-15/h3-9,13,22H,2,10-12,14H2,1H3. The van der Waals surface area contributed by atoms with Gasteiger partial charge in [0, 0.05) is 41.7 Å². The smallest absolute Gasteiger partial charge is 0.227 e. The number of nitrogens with one attached hydrogen (secondary N) is 1. The number of H-pyrrole nitrogens is 1. The monoisotopic (exact) mass is 334 g/mol. The Kier molecular flexibility index (Phi) is 4.18. The Bertz CT molecular complexity index is 899. The van der Waals surface area contributed by atoms with Crippen LogP contribution in [0.2, 0.25) is 0 Å². The summed E-state index contributed by atoms with van der Waals surface area (Å²) in [5.74, 6) is 1.07. The van der Waals surface area contributed by atoms with E-state index >= 15 is 0 Å². The van der Waals surface area contributed by atoms with Crippen molar-refractivity contribution in [3.05, 3.63) is 65.4 Å². The Morgan fingerprint density at radius 3 is 2.84 bits per heavy atom. The lowest BCUT2D eigenvalue weighted by molar-refractivity contribution is -0.131. The predicted molar refractivity (Wildman–Crippen MR) is 98.7 cm³/mol. The van der Waals surface area contributed by atoms with Gasteiger partial charge in [-0.2, -0.15) is 0 Å². The van der Waals surface area contributed by atoms with Gasteiger partial charge in [-0.25, -0.2) is 0 Å². The molecule has 0 aliphatic carbocycles. The number of benzene rings is 2. The normalized spacial score (nSPS) is 13.7. The second-order valence-corrected chi connectivity index (χ2v) is 6.45. The fourth-order valence-electron chi connectivity index (χ4n) is 3.54. The van der Waals surface area contributed by atoms with E-state index in [9.17, 15) is 4.79 Å². The number of hydrogen-bond acceptors (Lipinski definition) is 2. The van der Waals surface area contributed by atoms with Gasteiger partial charge < -0.3 is 14.6 Å². The number of hydrogen-bond donors (Lipinski definition) is 1. The molecule has 1 aliphatic rings. The predicted octanol–water partition coefficient (Wildman–Crippen LogP) is 3.69. The first-order valence-electron chi connectivity index (χ1n) is 8.82. The molecule has 0 radical (unpaired) electrons. The van der Waals surface area contributed by atoms with E-state index < -0.39 is 0 Å². The zero-order chi connectivity index (χ0) is 17.2. The molecule has 0 saturated carbocycles. The summed E-state index contributed by atoms with van der Waals surface area (Å²) in [6.07, 6.45) is 1.33. The molecule has 25 heavy (non-hydrogen) atoms. The average molecular weight is 334 g/mol. The van der Waals surface area contributed by atoms with Crippen molar-refractivity contribution >= 4 is 16.8 Å². The minimum absolute atomic E-state index is 0.187. The van der Waals surface area contributed by atoms with Gasteiger partial charge in [0.2, 0.25) is 5.91 Å². The number of rotatable bonds is 4. The van der Waals surface area contributed by atoms with Gasteiger partial charge in [0.1, 0.15) is 5.75 Å². The van der Waals surface area contributed by atoms with Crippen molar-refractivity contribution in [1.29, 1.82) is 0 Å². The summed E-state index contributed by atoms with van der Waals surface area (Å²) in [5.41, 5.74) is 4.65. The molecule has 0 unspecified atom stereocenters. The molecule has 4 heteroatoms. The minimum Gasteiger partial charge on any atom is -0.494 e. The highest BCUT2D eigenvalue weighted by atomic mass is 16.5. The van der Waals surface area contributed by atoms with Gasteiger partial charge in [-0.05, 0) is 30.7 Å². The molecule has 0 fully saturated rings. The average Bonchev–Trinajstić information content (AvgIpc) is 3.00. The number of amides is 1. The van der Waals surface area contributed by atoms with E-state index in [1.54, 1.807) is 0 Å². The molecule has 0 bridgehead atoms. The third-order valence-electron chi connectivity index (χ3n) is 4.81. The Hall–Kier alpha value is -2.75. The van der Waals surface area contributed by atoms with E-state index in [1.165, 1.54) is 11.3 Å². The van der Waals surface area contributed by atoms with Crippen molar-refractivity contribution < 1.29 is 9.53 Å². The van der Waals surface area contributed by atoms with Crippen LogP contribution in [0, 0.1) is 0 Å². The van der Waals surface area contributed by atoms with Gasteiger partial charge in [-0.15, -0.1) is 0 Å². The lowest BCUT2D eigenvalue weighted by Crippen LogP contribution is -2.36. The summed E-state index contributed by atoms with van der Waals surface area (Å²) < 4.78 is 5.63. The van der Waals surface area contributed by atoms with Gasteiger partial charge >= 0.3 is 0 Å². The van der Waals surface area contributed by atoms with Crippen molar-refractivity contribution in [3.8, 4) is 5.75 Å². The Balaban J connectivity index is 1.58. The molecule has 4 nitrogen and oxygen atoms in total. The molecular formula is C21H22N2O2. The molecule has 1 amide bonds. The van der Waals surface area contributed by atoms with Crippen LogP contribution in [-0.2, 0) is 24.2 Å². The van der Waals surface area contributed by atoms with E-state index in [4.69, 9.17) is 4.74 Å². The number of carbonyl (C=O) groups excluding carboxylic acids is 1. The van der Waals surface area contributed by atoms with E-state index in [0.717, 1.165) is 35.2 Å². The maximum atomic E-state index is 12.7. The van der Waals surface area contributed by atoms with Crippen molar-refractivity contribution in [3.63, 3.8) is 0 Å². The highest BCUT2D eigenvalue weighted by Crippen LogP contribution is 2.30. The first-order valence-corrected chi connectivity index (χ1v) is 8.82. The number of nitrogens with zero attached hydrogens (tertiary/aromatic N) is 1. The largest absolute Gasteiger partial charge is 0.494 e. The van der Waals surface area contributed by atoms with Crippen molar-refractivity contribution in [2.24, 2.45) is 0 Å². The molecular weight excluding hydrogens is 312 g/mol. The number of fused-ring (bicyclic) bond motifs is 3. The van der Waals surface area contributed by atoms with E-state index in [0.29, 0.717) is 19.6 Å². The Labute approximate surface area is 147 Å². The van der Waals surface area contributed by atoms with Crippen molar-refractivity contribution in [1.82, 2.24) is 9.88 Å². The molecule has 2 heterocycles. The lowest BCUT2D eigenvalue weighted by atomic mass is 10.0. The maximum Gasteiger partial charge on any atom is 0.227 e. The summed E-state index contributed by atoms with van der Waals surface area (Å²) in [6.45, 7) is 4.07. The van der Waals surface area contributed by atoms with Crippen LogP contribution in [0.25, 0.3) is 10.9 Å². The van der Waals surface area contributed by atoms with Crippen LogP contribution in [0.15, 0.2) is 48.5 Å². The number of carbonyl (C=O) groups is 1. The highest BCUT2D eigenvalue weighted by Gasteiger charge is 2.24. The molecule has 4 rings (SSSR count). The topological polar surface area (TPSA) is 45.3 Å². The summed E-state index contributed by atoms with van der Waals surface area (Å²) >= 11 is 0. The number of aromatic nitrogens is 1. The first kappa shape index (κ1) is 15.8. The highest BCUT2D eigenvalue weighted by molar-refractivity contribution is 5.87. The summed E-state index contributed by atoms with van der Waals surface area (Å²) in [4.78, 5) is 18.2. The van der Waals surface area contributed by atoms with Crippen LogP contribution >= 0.6 is 0 Å². The van der Waals surface area contributed by atoms with Crippen LogP contribution in [-0.4, -0.2) is 28.9 Å². The number of aromatic amines is 1. The van der Waals surface area contributed by atoms with Crippen LogP contribution in [0.1, 0.15) is 23.7 Å². The van der Waals surface area contributed by atoms with E-state index in [2.05, 4.69) is 17.1 Å². The third-order valence-corrected chi connectivity index (χ3v) is 4.81. The van der Waals surface area contributed by atoms with Crippen LogP contribution in [0.3, 0.4) is 0 Å². The molecule has 1 aromatic heterocycles. The molecule has 1 aliphatic heterocycles. The first-order chi connectivity index (χ1) is 12.2. The maximum absolute atomic E-state index is 12.7. The molecule has 0 saturated heterocycles. The van der Waals surface area contributed by atoms with E-state index in [1.807, 2.05) is 48.2 Å². The third kappa shape index (κ3) is 3.12. The zero-order valence-electron chi connectivity index (χ0n) is 14.4. The number of ether oxygens (including phenoxy) is 1. The zero-order valence-corrected chi connectivity index (χ0v) is 14.4. The Morgan fingerprint density at radius 2 is 2.04 bits per heavy atom.